The number of sulfone groups is 1. The molecule has 1 aromatic carbocycles. The maximum absolute atomic E-state index is 12.0. The zero-order valence-electron chi connectivity index (χ0n) is 12.9. The van der Waals surface area contributed by atoms with Crippen molar-refractivity contribution in [3.63, 3.8) is 0 Å². The van der Waals surface area contributed by atoms with E-state index in [0.29, 0.717) is 5.75 Å². The Kier molecular flexibility index (Phi) is 5.22. The van der Waals surface area contributed by atoms with Crippen LogP contribution < -0.4 is 10.6 Å². The SMILES string of the molecule is Cc1cc(N2CCSCC2S(C)(=O)=O)ccc1CC(C)N. The summed E-state index contributed by atoms with van der Waals surface area (Å²) in [4.78, 5) is 2.02. The van der Waals surface area contributed by atoms with Crippen molar-refractivity contribution < 1.29 is 8.42 Å². The summed E-state index contributed by atoms with van der Waals surface area (Å²) in [6.45, 7) is 4.83. The van der Waals surface area contributed by atoms with Gasteiger partial charge in [-0.15, -0.1) is 0 Å². The molecule has 0 bridgehead atoms. The molecule has 1 saturated heterocycles. The monoisotopic (exact) mass is 328 g/mol. The lowest BCUT2D eigenvalue weighted by atomic mass is 10.0. The van der Waals surface area contributed by atoms with E-state index in [4.69, 9.17) is 5.73 Å². The van der Waals surface area contributed by atoms with Crippen LogP contribution >= 0.6 is 11.8 Å². The normalized spacial score (nSPS) is 21.3. The van der Waals surface area contributed by atoms with Gasteiger partial charge in [-0.05, 0) is 43.5 Å². The van der Waals surface area contributed by atoms with Crippen LogP contribution in [0.4, 0.5) is 5.69 Å². The van der Waals surface area contributed by atoms with Crippen molar-refractivity contribution in [2.75, 3.05) is 29.2 Å². The molecular formula is C15H24N2O2S2. The second-order valence-electron chi connectivity index (χ2n) is 5.84. The number of thioether (sulfide) groups is 1. The van der Waals surface area contributed by atoms with Crippen molar-refractivity contribution in [1.82, 2.24) is 0 Å². The van der Waals surface area contributed by atoms with Crippen LogP contribution in [0.1, 0.15) is 18.1 Å². The Labute approximate surface area is 132 Å². The van der Waals surface area contributed by atoms with Crippen molar-refractivity contribution in [1.29, 1.82) is 0 Å². The van der Waals surface area contributed by atoms with E-state index >= 15 is 0 Å². The lowest BCUT2D eigenvalue weighted by Gasteiger charge is -2.36. The van der Waals surface area contributed by atoms with E-state index in [0.717, 1.165) is 24.4 Å². The fourth-order valence-corrected chi connectivity index (χ4v) is 5.51. The second-order valence-corrected chi connectivity index (χ2v) is 9.20. The molecule has 1 fully saturated rings. The minimum Gasteiger partial charge on any atom is -0.353 e. The molecule has 2 unspecified atom stereocenters. The summed E-state index contributed by atoms with van der Waals surface area (Å²) in [5.74, 6) is 1.60. The minimum absolute atomic E-state index is 0.129. The molecule has 2 atom stereocenters. The number of rotatable bonds is 4. The van der Waals surface area contributed by atoms with Crippen molar-refractivity contribution in [2.45, 2.75) is 31.7 Å². The van der Waals surface area contributed by atoms with Gasteiger partial charge in [-0.25, -0.2) is 8.42 Å². The molecule has 0 amide bonds. The molecule has 4 nitrogen and oxygen atoms in total. The highest BCUT2D eigenvalue weighted by molar-refractivity contribution is 8.01. The molecule has 6 heteroatoms. The molecule has 0 saturated carbocycles. The van der Waals surface area contributed by atoms with Gasteiger partial charge in [0.15, 0.2) is 9.84 Å². The Hall–Kier alpha value is -0.720. The largest absolute Gasteiger partial charge is 0.353 e. The summed E-state index contributed by atoms with van der Waals surface area (Å²) in [6, 6.07) is 6.32. The molecule has 0 aliphatic carbocycles. The minimum atomic E-state index is -3.08. The molecular weight excluding hydrogens is 304 g/mol. The first-order valence-corrected chi connectivity index (χ1v) is 10.3. The van der Waals surface area contributed by atoms with E-state index in [2.05, 4.69) is 19.1 Å². The Balaban J connectivity index is 2.29. The third kappa shape index (κ3) is 4.14. The van der Waals surface area contributed by atoms with Crippen molar-refractivity contribution in [3.05, 3.63) is 29.3 Å². The van der Waals surface area contributed by atoms with Crippen molar-refractivity contribution >= 4 is 27.3 Å². The first-order valence-electron chi connectivity index (χ1n) is 7.17. The van der Waals surface area contributed by atoms with Gasteiger partial charge in [-0.3, -0.25) is 0 Å². The molecule has 1 aliphatic heterocycles. The van der Waals surface area contributed by atoms with Crippen LogP contribution in [-0.4, -0.2) is 44.1 Å². The van der Waals surface area contributed by atoms with E-state index < -0.39 is 15.2 Å². The summed E-state index contributed by atoms with van der Waals surface area (Å²) < 4.78 is 24.0. The molecule has 1 aromatic rings. The van der Waals surface area contributed by atoms with Gasteiger partial charge < -0.3 is 10.6 Å². The number of hydrogen-bond donors (Lipinski definition) is 1. The number of nitrogens with zero attached hydrogens (tertiary/aromatic N) is 1. The van der Waals surface area contributed by atoms with Crippen LogP contribution in [0.5, 0.6) is 0 Å². The molecule has 2 rings (SSSR count). The lowest BCUT2D eigenvalue weighted by molar-refractivity contribution is 0.584. The van der Waals surface area contributed by atoms with Gasteiger partial charge in [0, 0.05) is 36.0 Å². The molecule has 1 aliphatic rings. The summed E-state index contributed by atoms with van der Waals surface area (Å²) >= 11 is 1.71. The standard InChI is InChI=1S/C15H24N2O2S2/c1-11-8-14(5-4-13(11)9-12(2)16)17-6-7-20-10-15(17)21(3,18)19/h4-5,8,12,15H,6-7,9-10,16H2,1-3H3. The third-order valence-corrected chi connectivity index (χ3v) is 6.42. The van der Waals surface area contributed by atoms with Gasteiger partial charge in [0.1, 0.15) is 5.37 Å². The average Bonchev–Trinajstić information content (AvgIpc) is 2.40. The smallest absolute Gasteiger partial charge is 0.169 e. The van der Waals surface area contributed by atoms with Crippen molar-refractivity contribution in [3.8, 4) is 0 Å². The number of hydrogen-bond acceptors (Lipinski definition) is 5. The third-order valence-electron chi connectivity index (χ3n) is 3.78. The van der Waals surface area contributed by atoms with E-state index in [1.807, 2.05) is 17.9 Å². The molecule has 0 radical (unpaired) electrons. The molecule has 0 aromatic heterocycles. The predicted molar refractivity (Wildman–Crippen MR) is 91.8 cm³/mol. The van der Waals surface area contributed by atoms with Crippen molar-refractivity contribution in [2.24, 2.45) is 5.73 Å². The average molecular weight is 329 g/mol. The van der Waals surface area contributed by atoms with Gasteiger partial charge in [0.05, 0.1) is 0 Å². The Morgan fingerprint density at radius 1 is 1.48 bits per heavy atom. The number of aryl methyl sites for hydroxylation is 1. The van der Waals surface area contributed by atoms with Crippen LogP contribution in [0.2, 0.25) is 0 Å². The maximum atomic E-state index is 12.0. The Morgan fingerprint density at radius 2 is 2.19 bits per heavy atom. The summed E-state index contributed by atoms with van der Waals surface area (Å²) in [5, 5.41) is -0.421. The molecule has 1 heterocycles. The Morgan fingerprint density at radius 3 is 2.76 bits per heavy atom. The van der Waals surface area contributed by atoms with E-state index in [9.17, 15) is 8.42 Å². The summed E-state index contributed by atoms with van der Waals surface area (Å²) in [6.07, 6.45) is 2.17. The van der Waals surface area contributed by atoms with E-state index in [1.54, 1.807) is 11.8 Å². The molecule has 118 valence electrons. The highest BCUT2D eigenvalue weighted by atomic mass is 32.2. The topological polar surface area (TPSA) is 63.4 Å². The maximum Gasteiger partial charge on any atom is 0.169 e. The fourth-order valence-electron chi connectivity index (χ4n) is 2.67. The van der Waals surface area contributed by atoms with Crippen LogP contribution in [0, 0.1) is 6.92 Å². The fraction of sp³-hybridized carbons (Fsp3) is 0.600. The molecule has 2 N–H and O–H groups in total. The summed E-state index contributed by atoms with van der Waals surface area (Å²) in [7, 11) is -3.08. The summed E-state index contributed by atoms with van der Waals surface area (Å²) in [5.41, 5.74) is 9.27. The first kappa shape index (κ1) is 16.6. The van der Waals surface area contributed by atoms with Gasteiger partial charge in [0.25, 0.3) is 0 Å². The molecule has 21 heavy (non-hydrogen) atoms. The first-order chi connectivity index (χ1) is 9.79. The zero-order chi connectivity index (χ0) is 15.6. The van der Waals surface area contributed by atoms with E-state index in [1.165, 1.54) is 17.4 Å². The highest BCUT2D eigenvalue weighted by Crippen LogP contribution is 2.28. The van der Waals surface area contributed by atoms with Gasteiger partial charge >= 0.3 is 0 Å². The number of anilines is 1. The molecule has 0 spiro atoms. The van der Waals surface area contributed by atoms with Crippen LogP contribution in [-0.2, 0) is 16.3 Å². The second kappa shape index (κ2) is 6.58. The Bertz CT molecular complexity index is 600. The number of nitrogens with two attached hydrogens (primary N) is 1. The van der Waals surface area contributed by atoms with Gasteiger partial charge in [-0.1, -0.05) is 6.07 Å². The van der Waals surface area contributed by atoms with Gasteiger partial charge in [0.2, 0.25) is 0 Å². The number of benzene rings is 1. The van der Waals surface area contributed by atoms with Crippen LogP contribution in [0.25, 0.3) is 0 Å². The predicted octanol–water partition coefficient (Wildman–Crippen LogP) is 1.81. The van der Waals surface area contributed by atoms with Gasteiger partial charge in [-0.2, -0.15) is 11.8 Å². The zero-order valence-corrected chi connectivity index (χ0v) is 14.5. The van der Waals surface area contributed by atoms with Crippen LogP contribution in [0.15, 0.2) is 18.2 Å². The van der Waals surface area contributed by atoms with E-state index in [-0.39, 0.29) is 6.04 Å². The van der Waals surface area contributed by atoms with Crippen LogP contribution in [0.3, 0.4) is 0 Å². The quantitative estimate of drug-likeness (QED) is 0.913. The highest BCUT2D eigenvalue weighted by Gasteiger charge is 2.31. The lowest BCUT2D eigenvalue weighted by Crippen LogP contribution is -2.47.